The van der Waals surface area contributed by atoms with Gasteiger partial charge in [0, 0.05) is 31.2 Å². The summed E-state index contributed by atoms with van der Waals surface area (Å²) in [5.74, 6) is -0.402. The summed E-state index contributed by atoms with van der Waals surface area (Å²) in [5, 5.41) is 9.95. The first-order valence-electron chi connectivity index (χ1n) is 7.22. The van der Waals surface area contributed by atoms with Crippen molar-refractivity contribution >= 4 is 33.6 Å². The Bertz CT molecular complexity index is 877. The fourth-order valence-corrected chi connectivity index (χ4v) is 2.75. The summed E-state index contributed by atoms with van der Waals surface area (Å²) in [5.41, 5.74) is 2.34. The number of nitriles is 1. The van der Waals surface area contributed by atoms with Crippen molar-refractivity contribution in [3.05, 3.63) is 41.2 Å². The zero-order chi connectivity index (χ0) is 17.9. The minimum atomic E-state index is -2.18. The molecular weight excluding hydrogens is 328 g/mol. The average Bonchev–Trinajstić information content (AvgIpc) is 2.93. The zero-order valence-corrected chi connectivity index (χ0v) is 14.4. The van der Waals surface area contributed by atoms with Crippen LogP contribution in [0, 0.1) is 11.3 Å². The molecule has 0 saturated heterocycles. The van der Waals surface area contributed by atoms with Crippen LogP contribution in [0.3, 0.4) is 0 Å². The van der Waals surface area contributed by atoms with Gasteiger partial charge in [0.25, 0.3) is 11.3 Å². The molecule has 0 bridgehead atoms. The summed E-state index contributed by atoms with van der Waals surface area (Å²) in [6.07, 6.45) is 2.13. The molecule has 0 spiro atoms. The van der Waals surface area contributed by atoms with Crippen LogP contribution in [0.25, 0.3) is 10.9 Å². The first-order chi connectivity index (χ1) is 11.3. The van der Waals surface area contributed by atoms with Crippen molar-refractivity contribution in [3.63, 3.8) is 0 Å². The third-order valence-corrected chi connectivity index (χ3v) is 3.81. The van der Waals surface area contributed by atoms with Crippen molar-refractivity contribution in [3.8, 4) is 6.07 Å². The Morgan fingerprint density at radius 3 is 2.71 bits per heavy atom. The molecule has 0 radical (unpaired) electrons. The zero-order valence-electron chi connectivity index (χ0n) is 13.6. The lowest BCUT2D eigenvalue weighted by Crippen LogP contribution is -2.09. The number of allylic oxidation sites excluding steroid dienone is 1. The number of carbonyl (C=O) groups excluding carboxylic acids is 1. The standard InChI is InChI=1S/C16H18N4O3S/c1-4-10-5-11-6-15(16(21)12(8-17)9-20(2)3)18-13(11)7-14(10)19-24(22)23/h5-7,9,18-19H,4H2,1-3H3,(H,22,23)/b12-9+. The smallest absolute Gasteiger partial charge is 0.259 e. The van der Waals surface area contributed by atoms with E-state index in [0.29, 0.717) is 23.3 Å². The lowest BCUT2D eigenvalue weighted by Gasteiger charge is -2.07. The molecule has 0 fully saturated rings. The minimum Gasteiger partial charge on any atom is -0.382 e. The Morgan fingerprint density at radius 1 is 1.46 bits per heavy atom. The highest BCUT2D eigenvalue weighted by Crippen LogP contribution is 2.26. The number of nitrogens with zero attached hydrogens (tertiary/aromatic N) is 2. The van der Waals surface area contributed by atoms with Crippen LogP contribution in [-0.4, -0.2) is 38.5 Å². The number of Topliss-reactive ketones (excluding diaryl/α,β-unsaturated/α-hetero) is 1. The molecule has 1 aromatic heterocycles. The van der Waals surface area contributed by atoms with Crippen LogP contribution < -0.4 is 4.72 Å². The van der Waals surface area contributed by atoms with Crippen LogP contribution in [0.5, 0.6) is 0 Å². The van der Waals surface area contributed by atoms with E-state index < -0.39 is 17.0 Å². The molecule has 1 unspecified atom stereocenters. The molecule has 0 saturated carbocycles. The van der Waals surface area contributed by atoms with Gasteiger partial charge < -0.3 is 9.88 Å². The number of hydrogen-bond donors (Lipinski definition) is 3. The van der Waals surface area contributed by atoms with E-state index in [1.165, 1.54) is 6.20 Å². The largest absolute Gasteiger partial charge is 0.382 e. The molecule has 2 aromatic rings. The number of carbonyl (C=O) groups is 1. The van der Waals surface area contributed by atoms with Crippen molar-refractivity contribution in [2.75, 3.05) is 18.8 Å². The Labute approximate surface area is 142 Å². The van der Waals surface area contributed by atoms with Crippen LogP contribution in [0.1, 0.15) is 23.0 Å². The van der Waals surface area contributed by atoms with Gasteiger partial charge in [0.05, 0.1) is 11.4 Å². The van der Waals surface area contributed by atoms with Gasteiger partial charge in [-0.25, -0.2) is 4.21 Å². The molecule has 0 aliphatic rings. The number of ketones is 1. The van der Waals surface area contributed by atoms with E-state index in [4.69, 9.17) is 9.81 Å². The molecule has 126 valence electrons. The molecule has 3 N–H and O–H groups in total. The van der Waals surface area contributed by atoms with Crippen molar-refractivity contribution in [1.82, 2.24) is 9.88 Å². The second-order valence-corrected chi connectivity index (χ2v) is 6.13. The summed E-state index contributed by atoms with van der Waals surface area (Å²) in [4.78, 5) is 17.0. The van der Waals surface area contributed by atoms with Gasteiger partial charge in [0.2, 0.25) is 5.78 Å². The molecule has 0 aliphatic carbocycles. The molecule has 8 heteroatoms. The van der Waals surface area contributed by atoms with Crippen LogP contribution >= 0.6 is 0 Å². The molecule has 7 nitrogen and oxygen atoms in total. The quantitative estimate of drug-likeness (QED) is 0.322. The number of H-pyrrole nitrogens is 1. The van der Waals surface area contributed by atoms with Gasteiger partial charge >= 0.3 is 0 Å². The summed E-state index contributed by atoms with van der Waals surface area (Å²) in [7, 11) is 3.46. The maximum Gasteiger partial charge on any atom is 0.259 e. The number of aryl methyl sites for hydroxylation is 1. The van der Waals surface area contributed by atoms with Crippen LogP contribution in [0.2, 0.25) is 0 Å². The van der Waals surface area contributed by atoms with Gasteiger partial charge in [-0.3, -0.25) is 14.1 Å². The molecule has 1 aromatic carbocycles. The number of aromatic amines is 1. The van der Waals surface area contributed by atoms with Gasteiger partial charge in [0.1, 0.15) is 11.6 Å². The van der Waals surface area contributed by atoms with Crippen LogP contribution in [-0.2, 0) is 17.7 Å². The monoisotopic (exact) mass is 346 g/mol. The molecule has 1 heterocycles. The summed E-state index contributed by atoms with van der Waals surface area (Å²) < 4.78 is 22.5. The number of nitrogens with one attached hydrogen (secondary N) is 2. The van der Waals surface area contributed by atoms with Crippen LogP contribution in [0.4, 0.5) is 5.69 Å². The number of benzene rings is 1. The number of rotatable bonds is 6. The minimum absolute atomic E-state index is 0.0251. The summed E-state index contributed by atoms with van der Waals surface area (Å²) in [6, 6.07) is 7.11. The number of fused-ring (bicyclic) bond motifs is 1. The number of anilines is 1. The highest BCUT2D eigenvalue weighted by atomic mass is 32.2. The second-order valence-electron chi connectivity index (χ2n) is 5.43. The number of hydrogen-bond acceptors (Lipinski definition) is 4. The predicted octanol–water partition coefficient (Wildman–Crippen LogP) is 2.43. The Kier molecular flexibility index (Phi) is 5.39. The first-order valence-corrected chi connectivity index (χ1v) is 8.32. The van der Waals surface area contributed by atoms with E-state index in [9.17, 15) is 9.00 Å². The average molecular weight is 346 g/mol. The molecule has 0 aliphatic heterocycles. The molecular formula is C16H18N4O3S. The Hall–Kier alpha value is -2.63. The Balaban J connectivity index is 2.50. The summed E-state index contributed by atoms with van der Waals surface area (Å²) in [6.45, 7) is 1.93. The fourth-order valence-electron chi connectivity index (χ4n) is 2.37. The van der Waals surface area contributed by atoms with E-state index in [1.807, 2.05) is 19.1 Å². The van der Waals surface area contributed by atoms with E-state index in [2.05, 4.69) is 9.71 Å². The van der Waals surface area contributed by atoms with Gasteiger partial charge in [-0.2, -0.15) is 5.26 Å². The highest BCUT2D eigenvalue weighted by molar-refractivity contribution is 7.80. The van der Waals surface area contributed by atoms with Crippen molar-refractivity contribution in [2.45, 2.75) is 13.3 Å². The van der Waals surface area contributed by atoms with Crippen molar-refractivity contribution < 1.29 is 13.6 Å². The van der Waals surface area contributed by atoms with E-state index in [0.717, 1.165) is 10.9 Å². The van der Waals surface area contributed by atoms with Gasteiger partial charge in [-0.1, -0.05) is 6.92 Å². The van der Waals surface area contributed by atoms with Crippen molar-refractivity contribution in [2.24, 2.45) is 0 Å². The molecule has 2 rings (SSSR count). The lowest BCUT2D eigenvalue weighted by molar-refractivity contribution is 0.103. The topological polar surface area (TPSA) is 109 Å². The predicted molar refractivity (Wildman–Crippen MR) is 93.8 cm³/mol. The Morgan fingerprint density at radius 2 is 2.17 bits per heavy atom. The SMILES string of the molecule is CCc1cc2cc(C(=O)/C(C#N)=C/N(C)C)[nH]c2cc1NS(=O)O. The van der Waals surface area contributed by atoms with Gasteiger partial charge in [-0.05, 0) is 30.2 Å². The van der Waals surface area contributed by atoms with Gasteiger partial charge in [-0.15, -0.1) is 0 Å². The summed E-state index contributed by atoms with van der Waals surface area (Å²) >= 11 is -2.18. The molecule has 0 amide bonds. The maximum absolute atomic E-state index is 12.4. The fraction of sp³-hybridized carbons (Fsp3) is 0.250. The normalized spacial score (nSPS) is 12.7. The second kappa shape index (κ2) is 7.29. The maximum atomic E-state index is 12.4. The number of aromatic nitrogens is 1. The lowest BCUT2D eigenvalue weighted by atomic mass is 10.1. The van der Waals surface area contributed by atoms with Crippen molar-refractivity contribution in [1.29, 1.82) is 5.26 Å². The van der Waals surface area contributed by atoms with E-state index in [-0.39, 0.29) is 5.57 Å². The van der Waals surface area contributed by atoms with E-state index in [1.54, 1.807) is 31.1 Å². The molecule has 1 atom stereocenters. The van der Waals surface area contributed by atoms with Gasteiger partial charge in [0.15, 0.2) is 0 Å². The van der Waals surface area contributed by atoms with Crippen LogP contribution in [0.15, 0.2) is 30.0 Å². The first kappa shape index (κ1) is 17.7. The third kappa shape index (κ3) is 3.82. The van der Waals surface area contributed by atoms with E-state index >= 15 is 0 Å². The molecule has 24 heavy (non-hydrogen) atoms. The third-order valence-electron chi connectivity index (χ3n) is 3.42. The highest BCUT2D eigenvalue weighted by Gasteiger charge is 2.16.